The van der Waals surface area contributed by atoms with Crippen molar-refractivity contribution in [1.29, 1.82) is 0 Å². The number of carbonyl (C=O) groups is 1. The van der Waals surface area contributed by atoms with Crippen LogP contribution >= 0.6 is 11.3 Å². The zero-order chi connectivity index (χ0) is 25.8. The molecule has 0 aliphatic carbocycles. The number of nitrogens with one attached hydrogen (secondary N) is 1. The van der Waals surface area contributed by atoms with Gasteiger partial charge in [-0.2, -0.15) is 4.31 Å². The van der Waals surface area contributed by atoms with E-state index in [1.807, 2.05) is 35.7 Å². The molecule has 4 aromatic rings. The molecule has 7 nitrogen and oxygen atoms in total. The van der Waals surface area contributed by atoms with Crippen LogP contribution in [0.4, 0.5) is 5.13 Å². The van der Waals surface area contributed by atoms with Crippen molar-refractivity contribution < 1.29 is 17.9 Å². The van der Waals surface area contributed by atoms with E-state index in [2.05, 4.69) is 34.6 Å². The highest BCUT2D eigenvalue weighted by molar-refractivity contribution is 7.89. The van der Waals surface area contributed by atoms with Crippen LogP contribution in [0.15, 0.2) is 89.1 Å². The van der Waals surface area contributed by atoms with Crippen LogP contribution in [-0.2, 0) is 14.8 Å². The van der Waals surface area contributed by atoms with Crippen molar-refractivity contribution >= 4 is 32.4 Å². The smallest absolute Gasteiger partial charge is 0.243 e. The van der Waals surface area contributed by atoms with E-state index in [1.165, 1.54) is 34.9 Å². The number of thiazole rings is 1. The Morgan fingerprint density at radius 2 is 1.65 bits per heavy atom. The maximum atomic E-state index is 13.1. The number of sulfonamides is 1. The van der Waals surface area contributed by atoms with E-state index in [0.717, 1.165) is 22.4 Å². The van der Waals surface area contributed by atoms with Crippen molar-refractivity contribution in [3.63, 3.8) is 0 Å². The number of methoxy groups -OCH3 is 1. The van der Waals surface area contributed by atoms with E-state index in [4.69, 9.17) is 4.74 Å². The molecule has 1 unspecified atom stereocenters. The lowest BCUT2D eigenvalue weighted by Crippen LogP contribution is -2.43. The van der Waals surface area contributed by atoms with E-state index in [-0.39, 0.29) is 17.3 Å². The molecule has 9 heteroatoms. The fraction of sp³-hybridized carbons (Fsp3) is 0.214. The molecule has 1 aliphatic rings. The Hall–Kier alpha value is -3.53. The molecule has 1 saturated heterocycles. The fourth-order valence-electron chi connectivity index (χ4n) is 4.41. The van der Waals surface area contributed by atoms with Crippen LogP contribution in [0.25, 0.3) is 22.4 Å². The molecule has 1 aromatic heterocycles. The molecule has 1 fully saturated rings. The molecule has 0 spiro atoms. The number of aromatic nitrogens is 1. The van der Waals surface area contributed by atoms with E-state index in [1.54, 1.807) is 12.1 Å². The zero-order valence-electron chi connectivity index (χ0n) is 20.3. The van der Waals surface area contributed by atoms with Crippen molar-refractivity contribution in [2.45, 2.75) is 17.7 Å². The minimum absolute atomic E-state index is 0.138. The number of hydrogen-bond donors (Lipinski definition) is 1. The molecular formula is C28H27N3O4S2. The Morgan fingerprint density at radius 3 is 2.35 bits per heavy atom. The van der Waals surface area contributed by atoms with Gasteiger partial charge < -0.3 is 10.1 Å². The van der Waals surface area contributed by atoms with Crippen molar-refractivity contribution in [3.8, 4) is 28.1 Å². The Balaban J connectivity index is 1.23. The first kappa shape index (κ1) is 25.1. The lowest BCUT2D eigenvalue weighted by atomic mass is 9.99. The standard InChI is InChI=1S/C28H27N3O4S2/c1-35-24-13-15-25(16-14-24)37(33,34)31-17-5-8-23(18-31)27(32)30-28-29-26(19-36-28)22-11-9-21(10-12-22)20-6-3-2-4-7-20/h2-4,6-7,9-16,19,23H,5,8,17-18H2,1H3,(H,29,30,32). The average Bonchev–Trinajstić information content (AvgIpc) is 3.42. The number of benzene rings is 3. The van der Waals surface area contributed by atoms with Crippen LogP contribution in [0.2, 0.25) is 0 Å². The van der Waals surface area contributed by atoms with Gasteiger partial charge in [-0.15, -0.1) is 11.3 Å². The highest BCUT2D eigenvalue weighted by Gasteiger charge is 2.33. The third-order valence-electron chi connectivity index (χ3n) is 6.47. The maximum absolute atomic E-state index is 13.1. The van der Waals surface area contributed by atoms with Gasteiger partial charge in [0.2, 0.25) is 15.9 Å². The minimum atomic E-state index is -3.70. The molecule has 1 aliphatic heterocycles. The van der Waals surface area contributed by atoms with Crippen molar-refractivity contribution in [2.24, 2.45) is 5.92 Å². The molecule has 1 amide bonds. The van der Waals surface area contributed by atoms with Gasteiger partial charge in [0, 0.05) is 24.0 Å². The number of ether oxygens (including phenoxy) is 1. The molecule has 1 N–H and O–H groups in total. The molecule has 2 heterocycles. The largest absolute Gasteiger partial charge is 0.497 e. The second kappa shape index (κ2) is 10.8. The number of rotatable bonds is 7. The van der Waals surface area contributed by atoms with Gasteiger partial charge in [0.25, 0.3) is 0 Å². The van der Waals surface area contributed by atoms with Crippen LogP contribution in [0.3, 0.4) is 0 Å². The number of carbonyl (C=O) groups excluding carboxylic acids is 1. The second-order valence-corrected chi connectivity index (χ2v) is 11.6. The normalized spacial score (nSPS) is 16.3. The molecule has 0 saturated carbocycles. The van der Waals surface area contributed by atoms with Crippen molar-refractivity contribution in [1.82, 2.24) is 9.29 Å². The van der Waals surface area contributed by atoms with E-state index < -0.39 is 15.9 Å². The SMILES string of the molecule is COc1ccc(S(=O)(=O)N2CCCC(C(=O)Nc3nc(-c4ccc(-c5ccccc5)cc4)cs3)C2)cc1. The quantitative estimate of drug-likeness (QED) is 0.338. The van der Waals surface area contributed by atoms with Crippen LogP contribution < -0.4 is 10.1 Å². The zero-order valence-corrected chi connectivity index (χ0v) is 22.0. The van der Waals surface area contributed by atoms with E-state index >= 15 is 0 Å². The first-order chi connectivity index (χ1) is 17.9. The second-order valence-electron chi connectivity index (χ2n) is 8.85. The first-order valence-electron chi connectivity index (χ1n) is 12.0. The molecule has 3 aromatic carbocycles. The van der Waals surface area contributed by atoms with Gasteiger partial charge in [0.15, 0.2) is 5.13 Å². The van der Waals surface area contributed by atoms with Gasteiger partial charge in [0.05, 0.1) is 23.6 Å². The van der Waals surface area contributed by atoms with Crippen LogP contribution in [0.1, 0.15) is 12.8 Å². The van der Waals surface area contributed by atoms with Gasteiger partial charge in [0.1, 0.15) is 5.75 Å². The molecular weight excluding hydrogens is 506 g/mol. The summed E-state index contributed by atoms with van der Waals surface area (Å²) in [7, 11) is -2.17. The summed E-state index contributed by atoms with van der Waals surface area (Å²) in [5, 5.41) is 5.31. The van der Waals surface area contributed by atoms with Gasteiger partial charge >= 0.3 is 0 Å². The summed E-state index contributed by atoms with van der Waals surface area (Å²) in [6.45, 7) is 0.526. The summed E-state index contributed by atoms with van der Waals surface area (Å²) < 4.78 is 32.8. The Morgan fingerprint density at radius 1 is 0.973 bits per heavy atom. The molecule has 1 atom stereocenters. The monoisotopic (exact) mass is 533 g/mol. The highest BCUT2D eigenvalue weighted by atomic mass is 32.2. The topological polar surface area (TPSA) is 88.6 Å². The predicted molar refractivity (Wildman–Crippen MR) is 146 cm³/mol. The van der Waals surface area contributed by atoms with Crippen LogP contribution in [0.5, 0.6) is 5.75 Å². The lowest BCUT2D eigenvalue weighted by molar-refractivity contribution is -0.120. The Bertz CT molecular complexity index is 1470. The number of piperidine rings is 1. The van der Waals surface area contributed by atoms with E-state index in [9.17, 15) is 13.2 Å². The lowest BCUT2D eigenvalue weighted by Gasteiger charge is -2.31. The number of hydrogen-bond acceptors (Lipinski definition) is 6. The van der Waals surface area contributed by atoms with Crippen molar-refractivity contribution in [3.05, 3.63) is 84.2 Å². The summed E-state index contributed by atoms with van der Waals surface area (Å²) in [5.41, 5.74) is 4.02. The minimum Gasteiger partial charge on any atom is -0.497 e. The maximum Gasteiger partial charge on any atom is 0.243 e. The molecule has 37 heavy (non-hydrogen) atoms. The van der Waals surface area contributed by atoms with Crippen LogP contribution in [-0.4, -0.2) is 43.8 Å². The van der Waals surface area contributed by atoms with Gasteiger partial charge in [-0.3, -0.25) is 4.79 Å². The van der Waals surface area contributed by atoms with Crippen LogP contribution in [0, 0.1) is 5.92 Å². The van der Waals surface area contributed by atoms with Gasteiger partial charge in [-0.1, -0.05) is 54.6 Å². The van der Waals surface area contributed by atoms with Gasteiger partial charge in [-0.05, 0) is 48.2 Å². The van der Waals surface area contributed by atoms with Gasteiger partial charge in [-0.25, -0.2) is 13.4 Å². The summed E-state index contributed by atoms with van der Waals surface area (Å²) >= 11 is 1.36. The van der Waals surface area contributed by atoms with E-state index in [0.29, 0.717) is 30.3 Å². The number of nitrogens with zero attached hydrogens (tertiary/aromatic N) is 2. The summed E-state index contributed by atoms with van der Waals surface area (Å²) in [6.07, 6.45) is 1.24. The first-order valence-corrected chi connectivity index (χ1v) is 14.3. The number of amides is 1. The third-order valence-corrected chi connectivity index (χ3v) is 9.11. The summed E-state index contributed by atoms with van der Waals surface area (Å²) in [4.78, 5) is 17.8. The Kier molecular flexibility index (Phi) is 7.36. The Labute approximate surface area is 220 Å². The number of anilines is 1. The predicted octanol–water partition coefficient (Wildman–Crippen LogP) is 5.53. The molecule has 5 rings (SSSR count). The van der Waals surface area contributed by atoms with Crippen molar-refractivity contribution in [2.75, 3.05) is 25.5 Å². The average molecular weight is 534 g/mol. The fourth-order valence-corrected chi connectivity index (χ4v) is 6.65. The molecule has 0 bridgehead atoms. The summed E-state index contributed by atoms with van der Waals surface area (Å²) in [6, 6.07) is 24.6. The molecule has 190 valence electrons. The molecule has 0 radical (unpaired) electrons. The third kappa shape index (κ3) is 5.58. The highest BCUT2D eigenvalue weighted by Crippen LogP contribution is 2.29. The summed E-state index contributed by atoms with van der Waals surface area (Å²) in [5.74, 6) is -0.0703.